The molecule has 0 fully saturated rings. The first-order chi connectivity index (χ1) is 8.65. The Morgan fingerprint density at radius 3 is 2.58 bits per heavy atom. The molecule has 0 saturated heterocycles. The predicted molar refractivity (Wildman–Crippen MR) is 75.1 cm³/mol. The molecule has 4 N–H and O–H groups in total. The van der Waals surface area contributed by atoms with E-state index in [-0.39, 0.29) is 23.0 Å². The standard InChI is InChI=1S/C13H22N2O3S/c1-10(15-8-13(2,3)9-16)11-5-4-6-12(7-11)19(14,17)18/h4-7,10,15-16H,8-9H2,1-3H3,(H2,14,17,18). The summed E-state index contributed by atoms with van der Waals surface area (Å²) in [5.41, 5.74) is 0.631. The quantitative estimate of drug-likeness (QED) is 0.727. The Bertz CT molecular complexity index is 526. The highest BCUT2D eigenvalue weighted by molar-refractivity contribution is 7.89. The molecule has 108 valence electrons. The lowest BCUT2D eigenvalue weighted by Crippen LogP contribution is -2.33. The molecule has 0 amide bonds. The summed E-state index contributed by atoms with van der Waals surface area (Å²) in [5.74, 6) is 0. The highest BCUT2D eigenvalue weighted by atomic mass is 32.2. The molecular weight excluding hydrogens is 264 g/mol. The van der Waals surface area contributed by atoms with Gasteiger partial charge in [0.15, 0.2) is 0 Å². The second-order valence-electron chi connectivity index (χ2n) is 5.54. The fourth-order valence-electron chi connectivity index (χ4n) is 1.56. The minimum Gasteiger partial charge on any atom is -0.396 e. The van der Waals surface area contributed by atoms with Gasteiger partial charge >= 0.3 is 0 Å². The first-order valence-electron chi connectivity index (χ1n) is 6.13. The van der Waals surface area contributed by atoms with E-state index in [2.05, 4.69) is 5.32 Å². The summed E-state index contributed by atoms with van der Waals surface area (Å²) in [6.45, 7) is 6.56. The molecule has 0 saturated carbocycles. The average molecular weight is 286 g/mol. The number of sulfonamides is 1. The van der Waals surface area contributed by atoms with Crippen LogP contribution >= 0.6 is 0 Å². The first-order valence-corrected chi connectivity index (χ1v) is 7.67. The highest BCUT2D eigenvalue weighted by Gasteiger charge is 2.18. The number of nitrogens with two attached hydrogens (primary N) is 1. The Morgan fingerprint density at radius 1 is 1.42 bits per heavy atom. The third-order valence-corrected chi connectivity index (χ3v) is 3.91. The van der Waals surface area contributed by atoms with Gasteiger partial charge < -0.3 is 10.4 Å². The van der Waals surface area contributed by atoms with Gasteiger partial charge in [-0.3, -0.25) is 0 Å². The highest BCUT2D eigenvalue weighted by Crippen LogP contribution is 2.19. The number of benzene rings is 1. The number of primary sulfonamides is 1. The fraction of sp³-hybridized carbons (Fsp3) is 0.538. The summed E-state index contributed by atoms with van der Waals surface area (Å²) in [6.07, 6.45) is 0. The molecule has 5 nitrogen and oxygen atoms in total. The molecular formula is C13H22N2O3S. The average Bonchev–Trinajstić information content (AvgIpc) is 2.35. The van der Waals surface area contributed by atoms with Crippen molar-refractivity contribution in [2.24, 2.45) is 10.6 Å². The van der Waals surface area contributed by atoms with Crippen molar-refractivity contribution >= 4 is 10.0 Å². The molecule has 0 aliphatic carbocycles. The van der Waals surface area contributed by atoms with E-state index in [1.54, 1.807) is 12.1 Å². The van der Waals surface area contributed by atoms with Crippen LogP contribution in [0, 0.1) is 5.41 Å². The Labute approximate surface area is 114 Å². The van der Waals surface area contributed by atoms with Crippen molar-refractivity contribution in [2.45, 2.75) is 31.7 Å². The molecule has 0 bridgehead atoms. The second-order valence-corrected chi connectivity index (χ2v) is 7.10. The summed E-state index contributed by atoms with van der Waals surface area (Å²) >= 11 is 0. The SMILES string of the molecule is CC(NCC(C)(C)CO)c1cccc(S(N)(=O)=O)c1. The lowest BCUT2D eigenvalue weighted by molar-refractivity contribution is 0.154. The van der Waals surface area contributed by atoms with Crippen molar-refractivity contribution < 1.29 is 13.5 Å². The number of hydrogen-bond donors (Lipinski definition) is 3. The topological polar surface area (TPSA) is 92.4 Å². The second kappa shape index (κ2) is 6.00. The van der Waals surface area contributed by atoms with Crippen LogP contribution in [0.25, 0.3) is 0 Å². The van der Waals surface area contributed by atoms with E-state index >= 15 is 0 Å². The van der Waals surface area contributed by atoms with Crippen molar-refractivity contribution in [1.29, 1.82) is 0 Å². The van der Waals surface area contributed by atoms with Crippen molar-refractivity contribution in [3.8, 4) is 0 Å². The van der Waals surface area contributed by atoms with Gasteiger partial charge in [0.05, 0.1) is 4.90 Å². The number of aliphatic hydroxyl groups is 1. The maximum Gasteiger partial charge on any atom is 0.238 e. The molecule has 1 atom stereocenters. The van der Waals surface area contributed by atoms with Crippen LogP contribution in [0.2, 0.25) is 0 Å². The van der Waals surface area contributed by atoms with Crippen LogP contribution in [-0.2, 0) is 10.0 Å². The zero-order valence-corrected chi connectivity index (χ0v) is 12.4. The molecule has 0 radical (unpaired) electrons. The Kier molecular flexibility index (Phi) is 5.09. The van der Waals surface area contributed by atoms with Gasteiger partial charge in [0.2, 0.25) is 10.0 Å². The third-order valence-electron chi connectivity index (χ3n) is 3.00. The van der Waals surface area contributed by atoms with Gasteiger partial charge in [-0.1, -0.05) is 26.0 Å². The molecule has 0 aliphatic rings. The molecule has 1 aromatic carbocycles. The fourth-order valence-corrected chi connectivity index (χ4v) is 2.13. The Hall–Kier alpha value is -0.950. The van der Waals surface area contributed by atoms with E-state index in [1.165, 1.54) is 6.07 Å². The maximum absolute atomic E-state index is 11.3. The van der Waals surface area contributed by atoms with E-state index in [1.807, 2.05) is 26.8 Å². The number of hydrogen-bond acceptors (Lipinski definition) is 4. The van der Waals surface area contributed by atoms with Gasteiger partial charge in [-0.25, -0.2) is 13.6 Å². The molecule has 1 aromatic rings. The van der Waals surface area contributed by atoms with Crippen molar-refractivity contribution in [2.75, 3.05) is 13.2 Å². The zero-order valence-electron chi connectivity index (χ0n) is 11.6. The lowest BCUT2D eigenvalue weighted by Gasteiger charge is -2.25. The monoisotopic (exact) mass is 286 g/mol. The van der Waals surface area contributed by atoms with Crippen LogP contribution in [0.15, 0.2) is 29.2 Å². The van der Waals surface area contributed by atoms with Gasteiger partial charge in [0.1, 0.15) is 0 Å². The van der Waals surface area contributed by atoms with Gasteiger partial charge in [-0.2, -0.15) is 0 Å². The molecule has 6 heteroatoms. The molecule has 1 rings (SSSR count). The smallest absolute Gasteiger partial charge is 0.238 e. The van der Waals surface area contributed by atoms with Crippen molar-refractivity contribution in [1.82, 2.24) is 5.32 Å². The van der Waals surface area contributed by atoms with Crippen LogP contribution < -0.4 is 10.5 Å². The Morgan fingerprint density at radius 2 is 2.05 bits per heavy atom. The molecule has 1 unspecified atom stereocenters. The molecule has 0 spiro atoms. The lowest BCUT2D eigenvalue weighted by atomic mass is 9.94. The number of rotatable bonds is 6. The van der Waals surface area contributed by atoms with Gasteiger partial charge in [0, 0.05) is 24.6 Å². The van der Waals surface area contributed by atoms with E-state index < -0.39 is 10.0 Å². The number of aliphatic hydroxyl groups excluding tert-OH is 1. The summed E-state index contributed by atoms with van der Waals surface area (Å²) < 4.78 is 22.6. The normalized spacial score (nSPS) is 14.4. The van der Waals surface area contributed by atoms with Gasteiger partial charge in [0.25, 0.3) is 0 Å². The molecule has 19 heavy (non-hydrogen) atoms. The van der Waals surface area contributed by atoms with Crippen LogP contribution in [0.1, 0.15) is 32.4 Å². The largest absolute Gasteiger partial charge is 0.396 e. The third kappa shape index (κ3) is 4.91. The molecule has 0 aromatic heterocycles. The van der Waals surface area contributed by atoms with Crippen LogP contribution in [0.4, 0.5) is 0 Å². The summed E-state index contributed by atoms with van der Waals surface area (Å²) in [7, 11) is -3.67. The van der Waals surface area contributed by atoms with Gasteiger partial charge in [-0.15, -0.1) is 0 Å². The van der Waals surface area contributed by atoms with Crippen LogP contribution in [0.3, 0.4) is 0 Å². The van der Waals surface area contributed by atoms with E-state index in [0.29, 0.717) is 6.54 Å². The predicted octanol–water partition coefficient (Wildman–Crippen LogP) is 1.00. The summed E-state index contributed by atoms with van der Waals surface area (Å²) in [6, 6.07) is 6.54. The minimum atomic E-state index is -3.67. The first kappa shape index (κ1) is 16.1. The van der Waals surface area contributed by atoms with E-state index in [9.17, 15) is 13.5 Å². The summed E-state index contributed by atoms with van der Waals surface area (Å²) in [5, 5.41) is 17.6. The summed E-state index contributed by atoms with van der Waals surface area (Å²) in [4.78, 5) is 0.111. The van der Waals surface area contributed by atoms with Crippen LogP contribution in [-0.4, -0.2) is 26.7 Å². The minimum absolute atomic E-state index is 0.0208. The Balaban J connectivity index is 2.81. The molecule has 0 aliphatic heterocycles. The van der Waals surface area contributed by atoms with Crippen molar-refractivity contribution in [3.63, 3.8) is 0 Å². The van der Waals surface area contributed by atoms with Gasteiger partial charge in [-0.05, 0) is 24.6 Å². The van der Waals surface area contributed by atoms with E-state index in [0.717, 1.165) is 5.56 Å². The maximum atomic E-state index is 11.3. The molecule has 0 heterocycles. The number of nitrogens with one attached hydrogen (secondary N) is 1. The van der Waals surface area contributed by atoms with Crippen LogP contribution in [0.5, 0.6) is 0 Å². The van der Waals surface area contributed by atoms with Crippen molar-refractivity contribution in [3.05, 3.63) is 29.8 Å². The van der Waals surface area contributed by atoms with E-state index in [4.69, 9.17) is 5.14 Å². The zero-order chi connectivity index (χ0) is 14.7.